The topological polar surface area (TPSA) is 123 Å². The highest BCUT2D eigenvalue weighted by atomic mass is 35.5. The molecular weight excluding hydrogens is 478 g/mol. The predicted octanol–water partition coefficient (Wildman–Crippen LogP) is 3.26. The normalized spacial score (nSPS) is 23.9. The van der Waals surface area contributed by atoms with Crippen molar-refractivity contribution in [2.75, 3.05) is 11.6 Å². The van der Waals surface area contributed by atoms with Crippen LogP contribution in [0.15, 0.2) is 41.8 Å². The number of urea groups is 1. The summed E-state index contributed by atoms with van der Waals surface area (Å²) >= 11 is 6.35. The number of piperidine rings is 1. The summed E-state index contributed by atoms with van der Waals surface area (Å²) in [6.07, 6.45) is 7.68. The number of amides is 2. The number of benzene rings is 1. The molecule has 3 aliphatic rings. The van der Waals surface area contributed by atoms with E-state index in [2.05, 4.69) is 32.3 Å². The fourth-order valence-electron chi connectivity index (χ4n) is 5.13. The number of hydrogen-bond acceptors (Lipinski definition) is 7. The number of rotatable bonds is 4. The second-order valence-electron chi connectivity index (χ2n) is 9.19. The van der Waals surface area contributed by atoms with E-state index >= 15 is 0 Å². The molecule has 2 saturated heterocycles. The molecule has 2 bridgehead atoms. The monoisotopic (exact) mass is 501 g/mol. The van der Waals surface area contributed by atoms with E-state index in [0.717, 1.165) is 19.1 Å². The van der Waals surface area contributed by atoms with Crippen LogP contribution in [0.1, 0.15) is 32.0 Å². The Morgan fingerprint density at radius 2 is 1.94 bits per heavy atom. The standard InChI is InChI=1S/C22H24ClN7O3S/c1-13-6-15-9-22(8-13,20-24-10-16(11-25-20)34(3,32)33)30(15)21(31)27-14-4-5-18(23)17(7-14)19-26-12-29(2)28-19/h4-5,7,10-13,15H,6,8-9H2,1-3H3,(H,27,31)/t13-,15-,22+/m0/s1. The van der Waals surface area contributed by atoms with Crippen LogP contribution in [-0.4, -0.2) is 56.4 Å². The number of carbonyl (C=O) groups is 1. The van der Waals surface area contributed by atoms with Gasteiger partial charge in [-0.1, -0.05) is 18.5 Å². The number of anilines is 1. The van der Waals surface area contributed by atoms with Gasteiger partial charge in [-0.05, 0) is 43.4 Å². The van der Waals surface area contributed by atoms with Crippen molar-refractivity contribution >= 4 is 33.2 Å². The Hall–Kier alpha value is -3.05. The van der Waals surface area contributed by atoms with Crippen molar-refractivity contribution in [1.82, 2.24) is 29.6 Å². The lowest BCUT2D eigenvalue weighted by molar-refractivity contribution is -0.100. The largest absolute Gasteiger partial charge is 0.322 e. The molecule has 0 spiro atoms. The van der Waals surface area contributed by atoms with Crippen LogP contribution in [0.4, 0.5) is 10.5 Å². The molecule has 0 radical (unpaired) electrons. The molecule has 12 heteroatoms. The Bertz CT molecular complexity index is 1380. The van der Waals surface area contributed by atoms with Gasteiger partial charge in [-0.2, -0.15) is 5.10 Å². The minimum Gasteiger partial charge on any atom is -0.308 e. The van der Waals surface area contributed by atoms with Crippen LogP contribution in [0.25, 0.3) is 11.4 Å². The van der Waals surface area contributed by atoms with Gasteiger partial charge in [-0.15, -0.1) is 0 Å². The van der Waals surface area contributed by atoms with Crippen molar-refractivity contribution in [3.05, 3.63) is 47.8 Å². The second-order valence-corrected chi connectivity index (χ2v) is 11.6. The van der Waals surface area contributed by atoms with Crippen LogP contribution in [0.2, 0.25) is 5.02 Å². The number of aromatic nitrogens is 5. The third kappa shape index (κ3) is 3.82. The number of hydrogen-bond donors (Lipinski definition) is 1. The lowest BCUT2D eigenvalue weighted by atomic mass is 9.64. The van der Waals surface area contributed by atoms with Crippen molar-refractivity contribution in [3.63, 3.8) is 0 Å². The van der Waals surface area contributed by atoms with Gasteiger partial charge in [-0.25, -0.2) is 28.2 Å². The highest BCUT2D eigenvalue weighted by molar-refractivity contribution is 7.90. The molecule has 4 heterocycles. The van der Waals surface area contributed by atoms with Crippen molar-refractivity contribution in [2.24, 2.45) is 13.0 Å². The Labute approximate surface area is 202 Å². The van der Waals surface area contributed by atoms with E-state index in [1.807, 2.05) is 0 Å². The van der Waals surface area contributed by atoms with Crippen LogP contribution in [0, 0.1) is 5.92 Å². The number of sulfone groups is 1. The van der Waals surface area contributed by atoms with Crippen molar-refractivity contribution in [2.45, 2.75) is 42.7 Å². The molecule has 2 amide bonds. The first kappa shape index (κ1) is 22.7. The second kappa shape index (κ2) is 8.02. The first-order chi connectivity index (χ1) is 16.1. The molecule has 34 heavy (non-hydrogen) atoms. The first-order valence-corrected chi connectivity index (χ1v) is 13.1. The summed E-state index contributed by atoms with van der Waals surface area (Å²) in [6, 6.07) is 4.98. The van der Waals surface area contributed by atoms with Gasteiger partial charge in [-0.3, -0.25) is 4.68 Å². The summed E-state index contributed by atoms with van der Waals surface area (Å²) in [5.41, 5.74) is 0.519. The van der Waals surface area contributed by atoms with Crippen LogP contribution < -0.4 is 5.32 Å². The number of halogens is 1. The van der Waals surface area contributed by atoms with Gasteiger partial charge in [0.25, 0.3) is 0 Å². The molecule has 1 N–H and O–H groups in total. The van der Waals surface area contributed by atoms with E-state index in [-0.39, 0.29) is 17.0 Å². The number of carbonyl (C=O) groups excluding carboxylic acids is 1. The molecule has 1 aliphatic carbocycles. The Balaban J connectivity index is 1.43. The maximum Gasteiger partial charge on any atom is 0.322 e. The molecule has 10 nitrogen and oxygen atoms in total. The van der Waals surface area contributed by atoms with Crippen molar-refractivity contribution < 1.29 is 13.2 Å². The Kier molecular flexibility index (Phi) is 5.36. The third-order valence-electron chi connectivity index (χ3n) is 6.51. The first-order valence-electron chi connectivity index (χ1n) is 10.9. The van der Waals surface area contributed by atoms with Crippen LogP contribution in [-0.2, 0) is 22.4 Å². The molecule has 1 aromatic carbocycles. The summed E-state index contributed by atoms with van der Waals surface area (Å²) in [5, 5.41) is 7.75. The molecule has 3 fully saturated rings. The zero-order valence-corrected chi connectivity index (χ0v) is 20.5. The number of fused-ring (bicyclic) bond motifs is 2. The van der Waals surface area contributed by atoms with Crippen LogP contribution >= 0.6 is 11.6 Å². The van der Waals surface area contributed by atoms with Crippen molar-refractivity contribution in [3.8, 4) is 11.4 Å². The zero-order chi connectivity index (χ0) is 24.3. The summed E-state index contributed by atoms with van der Waals surface area (Å²) in [7, 11) is -1.64. The molecular formula is C22H24ClN7O3S. The van der Waals surface area contributed by atoms with Crippen molar-refractivity contribution in [1.29, 1.82) is 0 Å². The fourth-order valence-corrected chi connectivity index (χ4v) is 5.82. The van der Waals surface area contributed by atoms with Gasteiger partial charge >= 0.3 is 6.03 Å². The maximum atomic E-state index is 13.5. The molecule has 0 unspecified atom stereocenters. The van der Waals surface area contributed by atoms with Gasteiger partial charge < -0.3 is 10.2 Å². The summed E-state index contributed by atoms with van der Waals surface area (Å²) < 4.78 is 25.2. The quantitative estimate of drug-likeness (QED) is 0.582. The van der Waals surface area contributed by atoms with E-state index in [1.54, 1.807) is 41.2 Å². The Morgan fingerprint density at radius 1 is 1.21 bits per heavy atom. The van der Waals surface area contributed by atoms with E-state index in [9.17, 15) is 13.2 Å². The third-order valence-corrected chi connectivity index (χ3v) is 7.91. The molecule has 1 saturated carbocycles. The smallest absolute Gasteiger partial charge is 0.308 e. The molecule has 2 aromatic heterocycles. The molecule has 178 valence electrons. The molecule has 3 atom stereocenters. The van der Waals surface area contributed by atoms with Gasteiger partial charge in [0.15, 0.2) is 21.5 Å². The van der Waals surface area contributed by atoms with Gasteiger partial charge in [0.05, 0.1) is 5.02 Å². The van der Waals surface area contributed by atoms with Crippen LogP contribution in [0.5, 0.6) is 0 Å². The minimum atomic E-state index is -3.41. The number of aryl methyl sites for hydroxylation is 1. The molecule has 3 aromatic rings. The van der Waals surface area contributed by atoms with E-state index in [4.69, 9.17) is 11.6 Å². The predicted molar refractivity (Wildman–Crippen MR) is 126 cm³/mol. The van der Waals surface area contributed by atoms with Crippen LogP contribution in [0.3, 0.4) is 0 Å². The number of nitrogens with zero attached hydrogens (tertiary/aromatic N) is 6. The summed E-state index contributed by atoms with van der Waals surface area (Å²) in [6.45, 7) is 2.15. The molecule has 2 aliphatic heterocycles. The summed E-state index contributed by atoms with van der Waals surface area (Å²) in [4.78, 5) is 28.3. The van der Waals surface area contributed by atoms with Gasteiger partial charge in [0.1, 0.15) is 16.8 Å². The van der Waals surface area contributed by atoms with E-state index < -0.39 is 15.4 Å². The highest BCUT2D eigenvalue weighted by Gasteiger charge is 2.60. The van der Waals surface area contributed by atoms with E-state index in [0.29, 0.717) is 40.3 Å². The average molecular weight is 502 g/mol. The maximum absolute atomic E-state index is 13.5. The highest BCUT2D eigenvalue weighted by Crippen LogP contribution is 2.55. The lowest BCUT2D eigenvalue weighted by Gasteiger charge is -2.62. The zero-order valence-electron chi connectivity index (χ0n) is 18.9. The SMILES string of the molecule is C[C@H]1C[C@H]2C[C@@](c3ncc(S(C)(=O)=O)cn3)(C1)N2C(=O)Nc1ccc(Cl)c(-c2ncn(C)n2)c1. The summed E-state index contributed by atoms with van der Waals surface area (Å²) in [5.74, 6) is 1.32. The fraction of sp³-hybridized carbons (Fsp3) is 0.409. The molecule has 6 rings (SSSR count). The van der Waals surface area contributed by atoms with E-state index in [1.165, 1.54) is 12.4 Å². The minimum absolute atomic E-state index is 0.0557. The average Bonchev–Trinajstić information content (AvgIpc) is 3.20. The van der Waals surface area contributed by atoms with Gasteiger partial charge in [0, 0.05) is 43.0 Å². The Morgan fingerprint density at radius 3 is 2.59 bits per heavy atom. The van der Waals surface area contributed by atoms with Gasteiger partial charge in [0.2, 0.25) is 0 Å². The lowest BCUT2D eigenvalue weighted by Crippen LogP contribution is -2.70. The number of nitrogens with one attached hydrogen (secondary N) is 1.